The van der Waals surface area contributed by atoms with Crippen LogP contribution in [0.15, 0.2) is 18.3 Å². The molecule has 0 radical (unpaired) electrons. The van der Waals surface area contributed by atoms with Gasteiger partial charge in [0.05, 0.1) is 11.2 Å². The lowest BCUT2D eigenvalue weighted by Gasteiger charge is -2.32. The molecule has 0 bridgehead atoms. The van der Waals surface area contributed by atoms with Crippen LogP contribution in [0.4, 0.5) is 10.6 Å². The van der Waals surface area contributed by atoms with Crippen LogP contribution >= 0.6 is 11.6 Å². The van der Waals surface area contributed by atoms with Gasteiger partial charge in [-0.3, -0.25) is 4.90 Å². The highest BCUT2D eigenvalue weighted by molar-refractivity contribution is 6.65. The van der Waals surface area contributed by atoms with E-state index in [4.69, 9.17) is 25.6 Å². The number of nitrogens with zero attached hydrogens (tertiary/aromatic N) is 2. The molecule has 1 aliphatic carbocycles. The number of halogens is 1. The topological polar surface area (TPSA) is 60.9 Å². The van der Waals surface area contributed by atoms with Crippen LogP contribution in [-0.2, 0) is 19.5 Å². The van der Waals surface area contributed by atoms with Crippen LogP contribution in [0.5, 0.6) is 0 Å². The molecule has 0 saturated carbocycles. The number of hydrogen-bond donors (Lipinski definition) is 0. The Balaban J connectivity index is 1.76. The molecule has 0 unspecified atom stereocenters. The van der Waals surface area contributed by atoms with E-state index in [-0.39, 0.29) is 5.41 Å². The number of aromatic nitrogens is 1. The third-order valence-corrected chi connectivity index (χ3v) is 6.98. The molecule has 1 aromatic heterocycles. The maximum absolute atomic E-state index is 12.9. The lowest BCUT2D eigenvalue weighted by molar-refractivity contribution is 0.00578. The maximum Gasteiger partial charge on any atom is 0.497 e. The van der Waals surface area contributed by atoms with E-state index in [0.717, 1.165) is 18.4 Å². The van der Waals surface area contributed by atoms with Crippen molar-refractivity contribution in [3.8, 4) is 0 Å². The van der Waals surface area contributed by atoms with Crippen LogP contribution < -0.4 is 10.4 Å². The molecule has 3 aliphatic rings. The van der Waals surface area contributed by atoms with Gasteiger partial charge in [-0.25, -0.2) is 9.78 Å². The number of fused-ring (bicyclic) bond motifs is 2. The van der Waals surface area contributed by atoms with Crippen molar-refractivity contribution >= 4 is 36.1 Å². The van der Waals surface area contributed by atoms with Crippen LogP contribution in [0, 0.1) is 0 Å². The predicted octanol–water partition coefficient (Wildman–Crippen LogP) is 4.38. The Hall–Kier alpha value is -1.57. The van der Waals surface area contributed by atoms with Crippen LogP contribution in [0.2, 0.25) is 5.02 Å². The van der Waals surface area contributed by atoms with Gasteiger partial charge in [-0.2, -0.15) is 0 Å². The zero-order valence-electron chi connectivity index (χ0n) is 18.8. The molecule has 8 heteroatoms. The first-order valence-corrected chi connectivity index (χ1v) is 10.8. The van der Waals surface area contributed by atoms with Crippen LogP contribution in [0.25, 0.3) is 0 Å². The quantitative estimate of drug-likeness (QED) is 0.487. The molecule has 30 heavy (non-hydrogen) atoms. The summed E-state index contributed by atoms with van der Waals surface area (Å²) in [5, 5.41) is 0.563. The number of amides is 1. The molecule has 0 aromatic carbocycles. The number of hydrogen-bond acceptors (Lipinski definition) is 5. The molecule has 1 amide bonds. The summed E-state index contributed by atoms with van der Waals surface area (Å²) in [5.74, 6) is 0.568. The zero-order valence-corrected chi connectivity index (χ0v) is 19.6. The van der Waals surface area contributed by atoms with Crippen LogP contribution in [-0.4, -0.2) is 41.5 Å². The lowest BCUT2D eigenvalue weighted by Crippen LogP contribution is -2.41. The Morgan fingerprint density at radius 3 is 2.27 bits per heavy atom. The van der Waals surface area contributed by atoms with E-state index >= 15 is 0 Å². The van der Waals surface area contributed by atoms with Crippen molar-refractivity contribution in [3.63, 3.8) is 0 Å². The van der Waals surface area contributed by atoms with Crippen molar-refractivity contribution in [1.29, 1.82) is 0 Å². The molecule has 1 aromatic rings. The van der Waals surface area contributed by atoms with Gasteiger partial charge < -0.3 is 14.0 Å². The lowest BCUT2D eigenvalue weighted by atomic mass is 9.74. The fourth-order valence-corrected chi connectivity index (χ4v) is 4.69. The first-order chi connectivity index (χ1) is 13.8. The minimum atomic E-state index is -0.609. The summed E-state index contributed by atoms with van der Waals surface area (Å²) in [7, 11) is -0.609. The third-order valence-electron chi connectivity index (χ3n) is 6.57. The van der Waals surface area contributed by atoms with Crippen molar-refractivity contribution in [3.05, 3.63) is 28.9 Å². The number of pyridine rings is 1. The third kappa shape index (κ3) is 3.35. The minimum Gasteiger partial charge on any atom is -0.443 e. The molecule has 2 aliphatic heterocycles. The Morgan fingerprint density at radius 1 is 1.17 bits per heavy atom. The number of carbonyl (C=O) groups is 1. The van der Waals surface area contributed by atoms with Gasteiger partial charge >= 0.3 is 13.2 Å². The van der Waals surface area contributed by atoms with E-state index in [9.17, 15) is 4.79 Å². The molecule has 4 rings (SSSR count). The summed E-state index contributed by atoms with van der Waals surface area (Å²) in [5.41, 5.74) is -0.258. The molecule has 3 heterocycles. The monoisotopic (exact) mass is 432 g/mol. The molecule has 1 fully saturated rings. The molecular weight excluding hydrogens is 403 g/mol. The van der Waals surface area contributed by atoms with Crippen molar-refractivity contribution in [2.75, 3.05) is 11.4 Å². The Kier molecular flexibility index (Phi) is 4.85. The summed E-state index contributed by atoms with van der Waals surface area (Å²) in [6, 6.07) is 0. The largest absolute Gasteiger partial charge is 0.497 e. The molecular formula is C22H30BClN2O4. The van der Waals surface area contributed by atoms with Crippen LogP contribution in [0.1, 0.15) is 66.9 Å². The Bertz CT molecular complexity index is 898. The summed E-state index contributed by atoms with van der Waals surface area (Å²) >= 11 is 6.99. The van der Waals surface area contributed by atoms with Gasteiger partial charge in [-0.15, -0.1) is 0 Å². The van der Waals surface area contributed by atoms with Gasteiger partial charge in [0, 0.05) is 34.2 Å². The smallest absolute Gasteiger partial charge is 0.443 e. The zero-order chi connectivity index (χ0) is 22.1. The van der Waals surface area contributed by atoms with E-state index in [2.05, 4.69) is 17.1 Å². The van der Waals surface area contributed by atoms with Crippen molar-refractivity contribution in [1.82, 2.24) is 4.98 Å². The maximum atomic E-state index is 12.9. The second-order valence-corrected chi connectivity index (χ2v) is 10.9. The van der Waals surface area contributed by atoms with Crippen molar-refractivity contribution in [2.24, 2.45) is 0 Å². The van der Waals surface area contributed by atoms with E-state index < -0.39 is 30.0 Å². The second kappa shape index (κ2) is 6.71. The van der Waals surface area contributed by atoms with E-state index in [1.54, 1.807) is 11.1 Å². The van der Waals surface area contributed by atoms with E-state index in [1.165, 1.54) is 0 Å². The minimum absolute atomic E-state index is 0.296. The Morgan fingerprint density at radius 2 is 1.73 bits per heavy atom. The van der Waals surface area contributed by atoms with Gasteiger partial charge in [0.1, 0.15) is 11.4 Å². The fourth-order valence-electron chi connectivity index (χ4n) is 4.26. The van der Waals surface area contributed by atoms with Gasteiger partial charge in [-0.1, -0.05) is 23.8 Å². The molecule has 6 nitrogen and oxygen atoms in total. The van der Waals surface area contributed by atoms with Gasteiger partial charge in [0.15, 0.2) is 0 Å². The van der Waals surface area contributed by atoms with E-state index in [0.29, 0.717) is 22.8 Å². The van der Waals surface area contributed by atoms with E-state index in [1.807, 2.05) is 48.5 Å². The molecule has 0 atom stereocenters. The summed E-state index contributed by atoms with van der Waals surface area (Å²) < 4.78 is 18.1. The average Bonchev–Trinajstić information content (AvgIpc) is 3.24. The average molecular weight is 433 g/mol. The molecule has 162 valence electrons. The summed E-state index contributed by atoms with van der Waals surface area (Å²) in [6.07, 6.45) is 7.14. The van der Waals surface area contributed by atoms with Crippen molar-refractivity contribution < 1.29 is 18.8 Å². The first-order valence-electron chi connectivity index (χ1n) is 10.5. The molecule has 1 spiro atoms. The standard InChI is InChI=1S/C22H30BClN2O4/c1-19(2,3)28-18(27)26-13-22(10-8-9-11-22)15-16(24)14(12-25-17(15)26)23-29-20(4,5)21(6,7)30-23/h8-9,12H,10-11,13H2,1-7H3. The second-order valence-electron chi connectivity index (χ2n) is 10.5. The number of allylic oxidation sites excluding steroid dienone is 2. The Labute approximate surface area is 184 Å². The SMILES string of the molecule is CC(C)(C)OC(=O)N1CC2(CC=CC2)c2c1ncc(B1OC(C)(C)C(C)(C)O1)c2Cl. The molecule has 1 saturated heterocycles. The number of anilines is 1. The first kappa shape index (κ1) is 21.7. The van der Waals surface area contributed by atoms with Crippen molar-refractivity contribution in [2.45, 2.75) is 83.5 Å². The number of carbonyl (C=O) groups excluding carboxylic acids is 1. The highest BCUT2D eigenvalue weighted by atomic mass is 35.5. The molecule has 0 N–H and O–H groups in total. The normalized spacial score (nSPS) is 23.3. The summed E-state index contributed by atoms with van der Waals surface area (Å²) in [4.78, 5) is 19.2. The van der Waals surface area contributed by atoms with Gasteiger partial charge in [0.2, 0.25) is 0 Å². The highest BCUT2D eigenvalue weighted by Crippen LogP contribution is 2.50. The summed E-state index contributed by atoms with van der Waals surface area (Å²) in [6.45, 7) is 14.1. The van der Waals surface area contributed by atoms with Gasteiger partial charge in [0.25, 0.3) is 0 Å². The fraction of sp³-hybridized carbons (Fsp3) is 0.636. The highest BCUT2D eigenvalue weighted by Gasteiger charge is 2.54. The predicted molar refractivity (Wildman–Crippen MR) is 119 cm³/mol. The van der Waals surface area contributed by atoms with Crippen LogP contribution in [0.3, 0.4) is 0 Å². The number of rotatable bonds is 1. The van der Waals surface area contributed by atoms with Gasteiger partial charge in [-0.05, 0) is 61.3 Å². The number of ether oxygens (including phenoxy) is 1.